The Hall–Kier alpha value is -9.04. The zero-order valence-electron chi connectivity index (χ0n) is 70.2. The number of carbonyl (C=O) groups excluding carboxylic acids is 10. The summed E-state index contributed by atoms with van der Waals surface area (Å²) in [5, 5.41) is 0. The second kappa shape index (κ2) is 64.1. The van der Waals surface area contributed by atoms with Gasteiger partial charge >= 0.3 is 41.8 Å². The van der Waals surface area contributed by atoms with E-state index in [1.54, 1.807) is 21.8 Å². The van der Waals surface area contributed by atoms with Crippen molar-refractivity contribution in [2.45, 2.75) is 131 Å². The van der Waals surface area contributed by atoms with Gasteiger partial charge in [-0.15, -0.1) is 0 Å². The molecule has 0 N–H and O–H groups in total. The summed E-state index contributed by atoms with van der Waals surface area (Å²) in [6.07, 6.45) is 21.9. The molecule has 29 nitrogen and oxygen atoms in total. The molecule has 2 saturated carbocycles. The minimum atomic E-state index is -0.410. The number of likely N-dealkylation sites (N-methyl/N-ethyl adjacent to an activating group) is 1. The molecule has 8 fully saturated rings. The van der Waals surface area contributed by atoms with Crippen LogP contribution in [0.3, 0.4) is 0 Å². The zero-order valence-corrected chi connectivity index (χ0v) is 70.2. The average Bonchev–Trinajstić information content (AvgIpc) is 1.56. The molecule has 6 heterocycles. The second-order valence-electron chi connectivity index (χ2n) is 27.6. The monoisotopic (exact) mass is 1640 g/mol. The minimum Gasteiger partial charge on any atom is -0.463 e. The quantitative estimate of drug-likeness (QED) is 0.0207. The number of hydrogen-bond acceptors (Lipinski definition) is 26. The van der Waals surface area contributed by atoms with Gasteiger partial charge in [0.1, 0.15) is 52.0 Å². The number of epoxide rings is 1. The zero-order chi connectivity index (χ0) is 87.1. The number of benzene rings is 1. The van der Waals surface area contributed by atoms with Crippen molar-refractivity contribution in [3.63, 3.8) is 0 Å². The summed E-state index contributed by atoms with van der Waals surface area (Å²) in [6.45, 7) is 63.8. The number of ether oxygens (including phenoxy) is 16. The molecule has 0 spiro atoms. The molecular weight excluding hydrogens is 1500 g/mol. The largest absolute Gasteiger partial charge is 0.463 e. The molecule has 6 saturated heterocycles. The number of carbonyl (C=O) groups is 10. The number of morpholine rings is 2. The molecule has 2 bridgehead atoms. The number of fused-ring (bicyclic) bond motifs is 2. The number of hydrogen-bond donors (Lipinski definition) is 0. The molecule has 1 aromatic rings. The maximum Gasteiger partial charge on any atom is 0.330 e. The Morgan fingerprint density at radius 2 is 0.948 bits per heavy atom. The Morgan fingerprint density at radius 3 is 1.33 bits per heavy atom. The van der Waals surface area contributed by atoms with Crippen molar-refractivity contribution in [2.24, 2.45) is 27.6 Å². The van der Waals surface area contributed by atoms with Crippen LogP contribution < -0.4 is 0 Å². The number of esters is 7. The van der Waals surface area contributed by atoms with Gasteiger partial charge in [0.15, 0.2) is 0 Å². The first-order valence-electron chi connectivity index (χ1n) is 39.1. The SMILES string of the molecule is C=CC(=O)N(CC)CC.C=CC(=O)N1CCOCC1.C=CC(=O)N1CCOCC1.C=CC(=O)OC1CC2CCC1(C)C2(C)C.C=CC(=O)OCC1(CC)COC1.C=CC(=O)OCC1(CC)COCOC1.C=CC(=O)OCC1CCCO1.C=CC(=O)OCCCCOCC1CO1.C=CC(=O)OCCOC.C=CC(=O)OCc1ccccc1. The summed E-state index contributed by atoms with van der Waals surface area (Å²) in [7, 11) is 1.54. The summed E-state index contributed by atoms with van der Waals surface area (Å²) in [5.74, 6) is -1.83. The molecule has 8 aliphatic rings. The molecule has 116 heavy (non-hydrogen) atoms. The van der Waals surface area contributed by atoms with E-state index in [0.29, 0.717) is 163 Å². The van der Waals surface area contributed by atoms with E-state index in [0.717, 1.165) is 101 Å². The van der Waals surface area contributed by atoms with Crippen LogP contribution in [0.1, 0.15) is 112 Å². The van der Waals surface area contributed by atoms with Crippen molar-refractivity contribution in [2.75, 3.05) is 172 Å². The van der Waals surface area contributed by atoms with Crippen LogP contribution in [0.15, 0.2) is 157 Å². The molecule has 6 aliphatic heterocycles. The van der Waals surface area contributed by atoms with Crippen LogP contribution >= 0.6 is 0 Å². The molecule has 5 atom stereocenters. The molecule has 29 heteroatoms. The Balaban J connectivity index is 0.00000127. The number of nitrogens with zero attached hydrogens (tertiary/aromatic N) is 3. The molecule has 5 unspecified atom stereocenters. The standard InChI is InChI=1S/C13H20O2.2C10H16O4.C10H10O2.C9H14O3.C8H12O3.2C7H11NO2.C7H13NO.C6H10O3/c1-5-11(14)15-10-8-9-6-7-13(10,4)12(9,2)3;1-3-9(11)14-7-10(4-2)5-12-8-13-6-10;1-2-10(11)13-6-4-3-5-12-7-9-8-14-9;1-2-10(11)12-8-9-6-4-3-5-7-9;1-3-8(10)12-7-9(4-2)5-11-6-9;1-2-8(9)11-6-7-4-3-5-10-7;2*1-2-7(9)8-3-5-10-6-4-8;1-4-7(9)8(5-2)6-3;1-3-6(7)9-5-4-8-2/h5,9-10H,1,6-8H2,2-4H3;3H,1,4-8H2,2H3;2,9H,1,3-8H2;2-7H,1,8H2;3H,1,4-7H2,2H3;2,7H,1,3-6H2;2*2H,1,3-6H2;4H,1,5-6H2,2-3H3;3H,1,4-5H2,2H3. The van der Waals surface area contributed by atoms with Crippen LogP contribution in [0.2, 0.25) is 0 Å². The third-order valence-corrected chi connectivity index (χ3v) is 19.5. The predicted octanol–water partition coefficient (Wildman–Crippen LogP) is 10.4. The Kier molecular flexibility index (Phi) is 59.1. The fourth-order valence-corrected chi connectivity index (χ4v) is 11.3. The van der Waals surface area contributed by atoms with Crippen LogP contribution in [0.4, 0.5) is 0 Å². The highest BCUT2D eigenvalue weighted by Crippen LogP contribution is 2.66. The van der Waals surface area contributed by atoms with Gasteiger partial charge in [0.05, 0.1) is 96.2 Å². The molecular formula is C87H133N3O26. The van der Waals surface area contributed by atoms with E-state index in [4.69, 9.17) is 66.3 Å². The van der Waals surface area contributed by atoms with E-state index >= 15 is 0 Å². The molecule has 2 aliphatic carbocycles. The Morgan fingerprint density at radius 1 is 0.491 bits per heavy atom. The van der Waals surface area contributed by atoms with Gasteiger partial charge in [0.2, 0.25) is 17.7 Å². The number of unbranched alkanes of at least 4 members (excludes halogenated alkanes) is 1. The lowest BCUT2D eigenvalue weighted by molar-refractivity contribution is -0.185. The van der Waals surface area contributed by atoms with Gasteiger partial charge in [0, 0.05) is 108 Å². The van der Waals surface area contributed by atoms with Crippen LogP contribution in [0, 0.1) is 27.6 Å². The van der Waals surface area contributed by atoms with Gasteiger partial charge in [-0.25, -0.2) is 33.6 Å². The van der Waals surface area contributed by atoms with Gasteiger partial charge in [-0.05, 0) is 107 Å². The maximum absolute atomic E-state index is 11.3. The fourth-order valence-electron chi connectivity index (χ4n) is 11.3. The third-order valence-electron chi connectivity index (χ3n) is 19.5. The van der Waals surface area contributed by atoms with Gasteiger partial charge in [-0.1, -0.05) is 131 Å². The Labute approximate surface area is 688 Å². The smallest absolute Gasteiger partial charge is 0.330 e. The van der Waals surface area contributed by atoms with E-state index in [1.807, 2.05) is 51.1 Å². The predicted molar refractivity (Wildman–Crippen MR) is 439 cm³/mol. The first-order chi connectivity index (χ1) is 55.6. The third kappa shape index (κ3) is 46.0. The van der Waals surface area contributed by atoms with Crippen molar-refractivity contribution in [3.8, 4) is 0 Å². The van der Waals surface area contributed by atoms with E-state index in [1.165, 1.54) is 49.3 Å². The van der Waals surface area contributed by atoms with E-state index in [2.05, 4.69) is 103 Å². The highest BCUT2D eigenvalue weighted by Gasteiger charge is 2.63. The highest BCUT2D eigenvalue weighted by molar-refractivity contribution is 5.88. The normalized spacial score (nSPS) is 19.8. The second-order valence-corrected chi connectivity index (χ2v) is 27.6. The summed E-state index contributed by atoms with van der Waals surface area (Å²) < 4.78 is 80.2. The summed E-state index contributed by atoms with van der Waals surface area (Å²) in [6, 6.07) is 9.51. The summed E-state index contributed by atoms with van der Waals surface area (Å²) in [4.78, 5) is 113. The molecule has 0 aromatic heterocycles. The number of amides is 3. The molecule has 652 valence electrons. The molecule has 3 amide bonds. The summed E-state index contributed by atoms with van der Waals surface area (Å²) in [5.41, 5.74) is 1.35. The average molecular weight is 1640 g/mol. The lowest BCUT2D eigenvalue weighted by atomic mass is 9.70. The van der Waals surface area contributed by atoms with Crippen LogP contribution in [0.5, 0.6) is 0 Å². The van der Waals surface area contributed by atoms with Gasteiger partial charge in [-0.2, -0.15) is 0 Å². The minimum absolute atomic E-state index is 0.00306. The molecule has 9 rings (SSSR count). The summed E-state index contributed by atoms with van der Waals surface area (Å²) >= 11 is 0. The van der Waals surface area contributed by atoms with Crippen molar-refractivity contribution in [1.82, 2.24) is 14.7 Å². The lowest BCUT2D eigenvalue weighted by Gasteiger charge is -2.39. The fraction of sp³-hybridized carbons (Fsp3) is 0.586. The topological polar surface area (TPSA) is 331 Å². The number of methoxy groups -OCH3 is 1. The van der Waals surface area contributed by atoms with Crippen molar-refractivity contribution in [1.29, 1.82) is 0 Å². The molecule has 1 aromatic carbocycles. The highest BCUT2D eigenvalue weighted by atomic mass is 16.7. The lowest BCUT2D eigenvalue weighted by Crippen LogP contribution is -2.46. The van der Waals surface area contributed by atoms with Crippen molar-refractivity contribution in [3.05, 3.63) is 162 Å². The van der Waals surface area contributed by atoms with Gasteiger partial charge in [0.25, 0.3) is 0 Å². The first kappa shape index (κ1) is 107. The van der Waals surface area contributed by atoms with E-state index in [-0.39, 0.29) is 76.0 Å². The Bertz CT molecular complexity index is 3080. The van der Waals surface area contributed by atoms with Crippen LogP contribution in [-0.4, -0.2) is 265 Å². The first-order valence-corrected chi connectivity index (χ1v) is 39.1. The van der Waals surface area contributed by atoms with E-state index < -0.39 is 11.9 Å². The van der Waals surface area contributed by atoms with Crippen LogP contribution in [-0.2, 0) is 130 Å². The maximum atomic E-state index is 11.3. The van der Waals surface area contributed by atoms with Gasteiger partial charge in [-0.3, -0.25) is 14.4 Å². The molecule has 0 radical (unpaired) electrons. The number of rotatable bonds is 33. The van der Waals surface area contributed by atoms with Crippen molar-refractivity contribution < 1.29 is 124 Å². The van der Waals surface area contributed by atoms with Crippen molar-refractivity contribution >= 4 is 59.5 Å². The van der Waals surface area contributed by atoms with Gasteiger partial charge < -0.3 is 90.5 Å². The van der Waals surface area contributed by atoms with E-state index in [9.17, 15) is 47.9 Å². The van der Waals surface area contributed by atoms with Crippen LogP contribution in [0.25, 0.3) is 0 Å².